The van der Waals surface area contributed by atoms with Gasteiger partial charge in [-0.2, -0.15) is 0 Å². The SMILES string of the molecule is COCCC(=O)c1ccc(O[Si](C)(C)C(C)(C)C)cc1. The number of benzene rings is 1. The highest BCUT2D eigenvalue weighted by Gasteiger charge is 2.38. The van der Waals surface area contributed by atoms with Crippen LogP contribution in [0.1, 0.15) is 37.6 Å². The molecule has 0 radical (unpaired) electrons. The third-order valence-corrected chi connectivity index (χ3v) is 8.25. The summed E-state index contributed by atoms with van der Waals surface area (Å²) >= 11 is 0. The van der Waals surface area contributed by atoms with Gasteiger partial charge in [0.05, 0.1) is 6.61 Å². The van der Waals surface area contributed by atoms with Gasteiger partial charge < -0.3 is 9.16 Å². The maximum absolute atomic E-state index is 11.8. The van der Waals surface area contributed by atoms with E-state index in [4.69, 9.17) is 9.16 Å². The fourth-order valence-corrected chi connectivity index (χ4v) is 2.53. The van der Waals surface area contributed by atoms with E-state index in [1.807, 2.05) is 24.3 Å². The zero-order valence-electron chi connectivity index (χ0n) is 13.4. The minimum atomic E-state index is -1.82. The number of carbonyl (C=O) groups excluding carboxylic acids is 1. The molecular formula is C16H26O3Si. The van der Waals surface area contributed by atoms with E-state index < -0.39 is 8.32 Å². The zero-order valence-corrected chi connectivity index (χ0v) is 14.4. The Hall–Kier alpha value is -1.13. The third kappa shape index (κ3) is 4.46. The molecule has 0 amide bonds. The second-order valence-corrected chi connectivity index (χ2v) is 11.3. The van der Waals surface area contributed by atoms with Crippen molar-refractivity contribution in [3.8, 4) is 5.75 Å². The van der Waals surface area contributed by atoms with Gasteiger partial charge in [-0.05, 0) is 42.4 Å². The van der Waals surface area contributed by atoms with Crippen molar-refractivity contribution in [3.05, 3.63) is 29.8 Å². The number of ketones is 1. The van der Waals surface area contributed by atoms with Crippen LogP contribution in [0.5, 0.6) is 5.75 Å². The summed E-state index contributed by atoms with van der Waals surface area (Å²) in [5.41, 5.74) is 0.713. The Bertz CT molecular complexity index is 444. The van der Waals surface area contributed by atoms with Crippen LogP contribution in [-0.2, 0) is 4.74 Å². The Labute approximate surface area is 123 Å². The highest BCUT2D eigenvalue weighted by Crippen LogP contribution is 2.37. The highest BCUT2D eigenvalue weighted by atomic mass is 28.4. The number of methoxy groups -OCH3 is 1. The summed E-state index contributed by atoms with van der Waals surface area (Å²) in [5.74, 6) is 0.950. The van der Waals surface area contributed by atoms with Gasteiger partial charge in [0.25, 0.3) is 0 Å². The summed E-state index contributed by atoms with van der Waals surface area (Å²) in [5, 5.41) is 0.167. The van der Waals surface area contributed by atoms with Crippen LogP contribution < -0.4 is 4.43 Å². The van der Waals surface area contributed by atoms with E-state index in [-0.39, 0.29) is 10.8 Å². The van der Waals surface area contributed by atoms with Crippen molar-refractivity contribution >= 4 is 14.1 Å². The molecule has 0 fully saturated rings. The fourth-order valence-electron chi connectivity index (χ4n) is 1.50. The minimum absolute atomic E-state index is 0.103. The quantitative estimate of drug-likeness (QED) is 0.580. The Morgan fingerprint density at radius 2 is 1.70 bits per heavy atom. The van der Waals surface area contributed by atoms with Gasteiger partial charge in [-0.15, -0.1) is 0 Å². The maximum Gasteiger partial charge on any atom is 0.250 e. The molecule has 0 aliphatic rings. The lowest BCUT2D eigenvalue weighted by atomic mass is 10.1. The molecule has 0 heterocycles. The van der Waals surface area contributed by atoms with Crippen LogP contribution in [-0.4, -0.2) is 27.8 Å². The van der Waals surface area contributed by atoms with Gasteiger partial charge in [0.1, 0.15) is 5.75 Å². The number of carbonyl (C=O) groups is 1. The molecule has 0 saturated carbocycles. The average Bonchev–Trinajstić information content (AvgIpc) is 2.35. The van der Waals surface area contributed by atoms with Crippen LogP contribution >= 0.6 is 0 Å². The Morgan fingerprint density at radius 1 is 1.15 bits per heavy atom. The van der Waals surface area contributed by atoms with Crippen LogP contribution in [0.15, 0.2) is 24.3 Å². The van der Waals surface area contributed by atoms with Crippen molar-refractivity contribution in [1.82, 2.24) is 0 Å². The molecule has 0 N–H and O–H groups in total. The second kappa shape index (κ2) is 6.55. The molecule has 0 bridgehead atoms. The van der Waals surface area contributed by atoms with Gasteiger partial charge in [0, 0.05) is 19.1 Å². The Morgan fingerprint density at radius 3 is 2.15 bits per heavy atom. The smallest absolute Gasteiger partial charge is 0.250 e. The molecule has 0 spiro atoms. The molecule has 0 aliphatic carbocycles. The molecule has 0 atom stereocenters. The topological polar surface area (TPSA) is 35.5 Å². The van der Waals surface area contributed by atoms with E-state index in [0.717, 1.165) is 5.75 Å². The molecule has 4 heteroatoms. The molecule has 20 heavy (non-hydrogen) atoms. The molecule has 112 valence electrons. The molecule has 1 rings (SSSR count). The van der Waals surface area contributed by atoms with Crippen LogP contribution in [0.3, 0.4) is 0 Å². The number of ether oxygens (including phenoxy) is 1. The van der Waals surface area contributed by atoms with E-state index in [1.54, 1.807) is 7.11 Å². The molecule has 0 aliphatic heterocycles. The van der Waals surface area contributed by atoms with Crippen molar-refractivity contribution < 1.29 is 14.0 Å². The normalized spacial score (nSPS) is 12.3. The van der Waals surface area contributed by atoms with E-state index in [1.165, 1.54) is 0 Å². The molecular weight excluding hydrogens is 268 g/mol. The van der Waals surface area contributed by atoms with Crippen LogP contribution in [0, 0.1) is 0 Å². The molecule has 3 nitrogen and oxygen atoms in total. The van der Waals surface area contributed by atoms with Gasteiger partial charge in [-0.3, -0.25) is 4.79 Å². The first-order valence-corrected chi connectivity index (χ1v) is 9.89. The largest absolute Gasteiger partial charge is 0.544 e. The van der Waals surface area contributed by atoms with Crippen LogP contribution in [0.4, 0.5) is 0 Å². The summed E-state index contributed by atoms with van der Waals surface area (Å²) < 4.78 is 11.1. The zero-order chi connectivity index (χ0) is 15.4. The predicted octanol–water partition coefficient (Wildman–Crippen LogP) is 4.29. The Kier molecular flexibility index (Phi) is 5.54. The number of hydrogen-bond donors (Lipinski definition) is 0. The molecule has 0 unspecified atom stereocenters. The first kappa shape index (κ1) is 16.9. The van der Waals surface area contributed by atoms with Gasteiger partial charge in [0.15, 0.2) is 5.78 Å². The fraction of sp³-hybridized carbons (Fsp3) is 0.562. The van der Waals surface area contributed by atoms with E-state index in [2.05, 4.69) is 33.9 Å². The monoisotopic (exact) mass is 294 g/mol. The Balaban J connectivity index is 2.75. The first-order chi connectivity index (χ1) is 9.17. The van der Waals surface area contributed by atoms with E-state index in [9.17, 15) is 4.79 Å². The third-order valence-electron chi connectivity index (χ3n) is 3.89. The summed E-state index contributed by atoms with van der Waals surface area (Å²) in [6.07, 6.45) is 0.416. The summed E-state index contributed by atoms with van der Waals surface area (Å²) in [7, 11) is -0.216. The lowest BCUT2D eigenvalue weighted by Gasteiger charge is -2.36. The number of Topliss-reactive ketones (excluding diaryl/α,β-unsaturated/α-hetero) is 1. The lowest BCUT2D eigenvalue weighted by Crippen LogP contribution is -2.43. The molecule has 0 saturated heterocycles. The molecule has 0 aromatic heterocycles. The highest BCUT2D eigenvalue weighted by molar-refractivity contribution is 6.74. The minimum Gasteiger partial charge on any atom is -0.544 e. The standard InChI is InChI=1S/C16H26O3Si/c1-16(2,3)20(5,6)19-14-9-7-13(8-10-14)15(17)11-12-18-4/h7-10H,11-12H2,1-6H3. The second-order valence-electron chi connectivity index (χ2n) is 6.55. The summed E-state index contributed by atoms with van der Waals surface area (Å²) in [4.78, 5) is 11.8. The van der Waals surface area contributed by atoms with Crippen LogP contribution in [0.2, 0.25) is 18.1 Å². The number of rotatable bonds is 6. The van der Waals surface area contributed by atoms with Gasteiger partial charge >= 0.3 is 0 Å². The van der Waals surface area contributed by atoms with Gasteiger partial charge in [-0.25, -0.2) is 0 Å². The van der Waals surface area contributed by atoms with Gasteiger partial charge in [-0.1, -0.05) is 20.8 Å². The summed E-state index contributed by atoms with van der Waals surface area (Å²) in [6, 6.07) is 7.45. The van der Waals surface area contributed by atoms with Crippen molar-refractivity contribution in [2.24, 2.45) is 0 Å². The summed E-state index contributed by atoms with van der Waals surface area (Å²) in [6.45, 7) is 11.5. The maximum atomic E-state index is 11.8. The average molecular weight is 294 g/mol. The van der Waals surface area contributed by atoms with Crippen molar-refractivity contribution in [1.29, 1.82) is 0 Å². The van der Waals surface area contributed by atoms with Crippen molar-refractivity contribution in [3.63, 3.8) is 0 Å². The molecule has 1 aromatic carbocycles. The van der Waals surface area contributed by atoms with Gasteiger partial charge in [0.2, 0.25) is 8.32 Å². The lowest BCUT2D eigenvalue weighted by molar-refractivity contribution is 0.0932. The van der Waals surface area contributed by atoms with Crippen molar-refractivity contribution in [2.45, 2.75) is 45.3 Å². The van der Waals surface area contributed by atoms with E-state index >= 15 is 0 Å². The number of hydrogen-bond acceptors (Lipinski definition) is 3. The van der Waals surface area contributed by atoms with Crippen LogP contribution in [0.25, 0.3) is 0 Å². The molecule has 1 aromatic rings. The van der Waals surface area contributed by atoms with E-state index in [0.29, 0.717) is 18.6 Å². The predicted molar refractivity (Wildman–Crippen MR) is 85.1 cm³/mol. The van der Waals surface area contributed by atoms with Crippen molar-refractivity contribution in [2.75, 3.05) is 13.7 Å². The first-order valence-electron chi connectivity index (χ1n) is 6.98.